The van der Waals surface area contributed by atoms with Crippen molar-refractivity contribution in [3.8, 4) is 0 Å². The Morgan fingerprint density at radius 2 is 2.40 bits per heavy atom. The number of ketones is 1. The normalized spacial score (nSPS) is 37.7. The van der Waals surface area contributed by atoms with Crippen molar-refractivity contribution in [3.05, 3.63) is 0 Å². The van der Waals surface area contributed by atoms with E-state index in [2.05, 4.69) is 12.2 Å². The minimum absolute atomic E-state index is 0.130. The first-order valence-electron chi connectivity index (χ1n) is 3.87. The van der Waals surface area contributed by atoms with Crippen LogP contribution >= 0.6 is 0 Å². The Balaban J connectivity index is 2.59. The van der Waals surface area contributed by atoms with Crippen LogP contribution in [0.25, 0.3) is 0 Å². The standard InChI is InChI=1S/C8H15NO/c1-4-7-5-8(7,9-3)6(2)10/h7,9H,4-5H2,1-3H3. The summed E-state index contributed by atoms with van der Waals surface area (Å²) in [4.78, 5) is 11.1. The molecule has 1 aliphatic rings. The molecule has 0 aromatic heterocycles. The molecule has 1 saturated carbocycles. The van der Waals surface area contributed by atoms with Crippen LogP contribution in [0.15, 0.2) is 0 Å². The molecule has 10 heavy (non-hydrogen) atoms. The number of hydrogen-bond acceptors (Lipinski definition) is 2. The summed E-state index contributed by atoms with van der Waals surface area (Å²) in [7, 11) is 1.87. The second-order valence-electron chi connectivity index (χ2n) is 3.09. The third kappa shape index (κ3) is 0.870. The van der Waals surface area contributed by atoms with Crippen LogP contribution in [0, 0.1) is 5.92 Å². The average molecular weight is 141 g/mol. The van der Waals surface area contributed by atoms with E-state index in [0.29, 0.717) is 11.7 Å². The average Bonchev–Trinajstić information content (AvgIpc) is 2.62. The largest absolute Gasteiger partial charge is 0.308 e. The van der Waals surface area contributed by atoms with Gasteiger partial charge in [-0.3, -0.25) is 4.79 Å². The molecule has 0 bridgehead atoms. The molecule has 0 aromatic rings. The SMILES string of the molecule is CCC1CC1(NC)C(C)=O. The highest BCUT2D eigenvalue weighted by Gasteiger charge is 2.55. The van der Waals surface area contributed by atoms with Gasteiger partial charge in [0.2, 0.25) is 0 Å². The molecule has 1 aliphatic carbocycles. The summed E-state index contributed by atoms with van der Waals surface area (Å²) >= 11 is 0. The minimum Gasteiger partial charge on any atom is -0.308 e. The second-order valence-corrected chi connectivity index (χ2v) is 3.09. The zero-order valence-corrected chi connectivity index (χ0v) is 6.90. The quantitative estimate of drug-likeness (QED) is 0.634. The Morgan fingerprint density at radius 3 is 2.50 bits per heavy atom. The van der Waals surface area contributed by atoms with Crippen molar-refractivity contribution in [1.29, 1.82) is 0 Å². The van der Waals surface area contributed by atoms with Crippen molar-refractivity contribution < 1.29 is 4.79 Å². The predicted molar refractivity (Wildman–Crippen MR) is 40.9 cm³/mol. The first kappa shape index (κ1) is 7.73. The topological polar surface area (TPSA) is 29.1 Å². The fourth-order valence-electron chi connectivity index (χ4n) is 1.74. The van der Waals surface area contributed by atoms with E-state index in [0.717, 1.165) is 12.8 Å². The molecule has 0 spiro atoms. The molecule has 1 fully saturated rings. The van der Waals surface area contributed by atoms with Gasteiger partial charge in [0.05, 0.1) is 5.54 Å². The monoisotopic (exact) mass is 141 g/mol. The molecule has 0 aromatic carbocycles. The van der Waals surface area contributed by atoms with E-state index in [1.807, 2.05) is 7.05 Å². The number of Topliss-reactive ketones (excluding diaryl/α,β-unsaturated/α-hetero) is 1. The van der Waals surface area contributed by atoms with Gasteiger partial charge >= 0.3 is 0 Å². The molecule has 0 heterocycles. The molecule has 1 rings (SSSR count). The Morgan fingerprint density at radius 1 is 1.80 bits per heavy atom. The molecule has 2 unspecified atom stereocenters. The molecule has 0 aliphatic heterocycles. The number of nitrogens with one attached hydrogen (secondary N) is 1. The van der Waals surface area contributed by atoms with Crippen LogP contribution in [-0.2, 0) is 4.79 Å². The summed E-state index contributed by atoms with van der Waals surface area (Å²) in [5, 5.41) is 3.10. The number of carbonyl (C=O) groups is 1. The van der Waals surface area contributed by atoms with Crippen molar-refractivity contribution in [2.24, 2.45) is 5.92 Å². The minimum atomic E-state index is -0.130. The zero-order chi connectivity index (χ0) is 7.78. The lowest BCUT2D eigenvalue weighted by Crippen LogP contribution is -2.37. The highest BCUT2D eigenvalue weighted by molar-refractivity contribution is 5.89. The molecule has 2 nitrogen and oxygen atoms in total. The van der Waals surface area contributed by atoms with Crippen LogP contribution in [0.4, 0.5) is 0 Å². The second kappa shape index (κ2) is 2.35. The summed E-state index contributed by atoms with van der Waals surface area (Å²) in [5.74, 6) is 0.886. The third-order valence-corrected chi connectivity index (χ3v) is 2.67. The fourth-order valence-corrected chi connectivity index (χ4v) is 1.74. The first-order valence-corrected chi connectivity index (χ1v) is 3.87. The predicted octanol–water partition coefficient (Wildman–Crippen LogP) is 0.964. The van der Waals surface area contributed by atoms with Crippen molar-refractivity contribution in [1.82, 2.24) is 5.32 Å². The van der Waals surface area contributed by atoms with E-state index < -0.39 is 0 Å². The number of hydrogen-bond donors (Lipinski definition) is 1. The summed E-state index contributed by atoms with van der Waals surface area (Å²) in [6.07, 6.45) is 2.15. The highest BCUT2D eigenvalue weighted by atomic mass is 16.1. The molecule has 0 amide bonds. The van der Waals surface area contributed by atoms with Gasteiger partial charge in [-0.1, -0.05) is 13.3 Å². The highest BCUT2D eigenvalue weighted by Crippen LogP contribution is 2.45. The van der Waals surface area contributed by atoms with Gasteiger partial charge in [0, 0.05) is 0 Å². The number of rotatable bonds is 3. The van der Waals surface area contributed by atoms with Crippen molar-refractivity contribution in [3.63, 3.8) is 0 Å². The zero-order valence-electron chi connectivity index (χ0n) is 6.90. The molecular weight excluding hydrogens is 126 g/mol. The van der Waals surface area contributed by atoms with Gasteiger partial charge < -0.3 is 5.32 Å². The maximum Gasteiger partial charge on any atom is 0.150 e. The molecule has 1 N–H and O–H groups in total. The van der Waals surface area contributed by atoms with Crippen molar-refractivity contribution >= 4 is 5.78 Å². The van der Waals surface area contributed by atoms with E-state index >= 15 is 0 Å². The van der Waals surface area contributed by atoms with Crippen LogP contribution in [0.2, 0.25) is 0 Å². The van der Waals surface area contributed by atoms with Crippen LogP contribution in [0.5, 0.6) is 0 Å². The number of carbonyl (C=O) groups excluding carboxylic acids is 1. The van der Waals surface area contributed by atoms with Gasteiger partial charge in [-0.05, 0) is 26.3 Å². The Kier molecular flexibility index (Phi) is 1.82. The van der Waals surface area contributed by atoms with Gasteiger partial charge in [0.25, 0.3) is 0 Å². The summed E-state index contributed by atoms with van der Waals surface area (Å²) in [6, 6.07) is 0. The first-order chi connectivity index (χ1) is 4.67. The third-order valence-electron chi connectivity index (χ3n) is 2.67. The van der Waals surface area contributed by atoms with Crippen molar-refractivity contribution in [2.75, 3.05) is 7.05 Å². The van der Waals surface area contributed by atoms with Crippen LogP contribution < -0.4 is 5.32 Å². The van der Waals surface area contributed by atoms with Gasteiger partial charge in [-0.15, -0.1) is 0 Å². The Bertz CT molecular complexity index is 155. The van der Waals surface area contributed by atoms with Gasteiger partial charge in [0.1, 0.15) is 5.78 Å². The molecule has 0 saturated heterocycles. The van der Waals surface area contributed by atoms with E-state index in [1.165, 1.54) is 0 Å². The molecule has 58 valence electrons. The van der Waals surface area contributed by atoms with E-state index in [9.17, 15) is 4.79 Å². The lowest BCUT2D eigenvalue weighted by molar-refractivity contribution is -0.120. The lowest BCUT2D eigenvalue weighted by Gasteiger charge is -2.10. The van der Waals surface area contributed by atoms with Crippen LogP contribution in [-0.4, -0.2) is 18.4 Å². The van der Waals surface area contributed by atoms with Gasteiger partial charge in [-0.2, -0.15) is 0 Å². The smallest absolute Gasteiger partial charge is 0.150 e. The Hall–Kier alpha value is -0.370. The maximum absolute atomic E-state index is 11.1. The van der Waals surface area contributed by atoms with E-state index in [-0.39, 0.29) is 5.54 Å². The Labute approximate surface area is 62.0 Å². The van der Waals surface area contributed by atoms with Crippen LogP contribution in [0.3, 0.4) is 0 Å². The molecule has 0 radical (unpaired) electrons. The van der Waals surface area contributed by atoms with E-state index in [4.69, 9.17) is 0 Å². The van der Waals surface area contributed by atoms with Crippen LogP contribution in [0.1, 0.15) is 26.7 Å². The summed E-state index contributed by atoms with van der Waals surface area (Å²) in [6.45, 7) is 3.80. The van der Waals surface area contributed by atoms with E-state index in [1.54, 1.807) is 6.92 Å². The molecular formula is C8H15NO. The number of likely N-dealkylation sites (N-methyl/N-ethyl adjacent to an activating group) is 1. The van der Waals surface area contributed by atoms with Gasteiger partial charge in [-0.25, -0.2) is 0 Å². The van der Waals surface area contributed by atoms with Gasteiger partial charge in [0.15, 0.2) is 0 Å². The summed E-state index contributed by atoms with van der Waals surface area (Å²) in [5.41, 5.74) is -0.130. The molecule has 2 heteroatoms. The molecule has 2 atom stereocenters. The van der Waals surface area contributed by atoms with Crippen molar-refractivity contribution in [2.45, 2.75) is 32.2 Å². The maximum atomic E-state index is 11.1. The lowest BCUT2D eigenvalue weighted by atomic mass is 10.1. The fraction of sp³-hybridized carbons (Fsp3) is 0.875. The summed E-state index contributed by atoms with van der Waals surface area (Å²) < 4.78 is 0.